The molecule has 1 N–H and O–H groups in total. The van der Waals surface area contributed by atoms with Gasteiger partial charge in [-0.1, -0.05) is 0 Å². The van der Waals surface area contributed by atoms with Crippen molar-refractivity contribution in [2.75, 3.05) is 50.1 Å². The van der Waals surface area contributed by atoms with Gasteiger partial charge in [-0.15, -0.1) is 0 Å². The molecule has 22 heavy (non-hydrogen) atoms. The summed E-state index contributed by atoms with van der Waals surface area (Å²) in [4.78, 5) is 26.3. The SMILES string of the molecule is CCOC(=O)Nc1cc(N2CCN(C=O)CC2)ccc1OC. The molecule has 1 aliphatic heterocycles. The lowest BCUT2D eigenvalue weighted by Gasteiger charge is -2.34. The van der Waals surface area contributed by atoms with Gasteiger partial charge < -0.3 is 19.3 Å². The van der Waals surface area contributed by atoms with E-state index in [2.05, 4.69) is 10.2 Å². The second kappa shape index (κ2) is 7.53. The summed E-state index contributed by atoms with van der Waals surface area (Å²) >= 11 is 0. The first-order valence-corrected chi connectivity index (χ1v) is 7.24. The predicted molar refractivity (Wildman–Crippen MR) is 83.5 cm³/mol. The van der Waals surface area contributed by atoms with E-state index in [9.17, 15) is 9.59 Å². The molecule has 0 spiro atoms. The molecule has 0 radical (unpaired) electrons. The molecule has 0 bridgehead atoms. The highest BCUT2D eigenvalue weighted by Gasteiger charge is 2.17. The van der Waals surface area contributed by atoms with Crippen LogP contribution < -0.4 is 15.0 Å². The van der Waals surface area contributed by atoms with Crippen molar-refractivity contribution in [1.82, 2.24) is 4.90 Å². The van der Waals surface area contributed by atoms with Crippen LogP contribution in [0.25, 0.3) is 0 Å². The zero-order valence-corrected chi connectivity index (χ0v) is 12.9. The van der Waals surface area contributed by atoms with Gasteiger partial charge in [-0.2, -0.15) is 0 Å². The van der Waals surface area contributed by atoms with Crippen molar-refractivity contribution >= 4 is 23.9 Å². The summed E-state index contributed by atoms with van der Waals surface area (Å²) < 4.78 is 10.2. The lowest BCUT2D eigenvalue weighted by molar-refractivity contribution is -0.118. The average molecular weight is 307 g/mol. The first kappa shape index (κ1) is 15.9. The van der Waals surface area contributed by atoms with Crippen molar-refractivity contribution in [3.8, 4) is 5.75 Å². The number of rotatable bonds is 5. The minimum absolute atomic E-state index is 0.307. The fourth-order valence-electron chi connectivity index (χ4n) is 2.35. The van der Waals surface area contributed by atoms with Crippen LogP contribution in [0.15, 0.2) is 18.2 Å². The maximum Gasteiger partial charge on any atom is 0.411 e. The van der Waals surface area contributed by atoms with Gasteiger partial charge in [0.15, 0.2) is 0 Å². The number of hydrogen-bond acceptors (Lipinski definition) is 5. The zero-order chi connectivity index (χ0) is 15.9. The van der Waals surface area contributed by atoms with Crippen molar-refractivity contribution in [2.45, 2.75) is 6.92 Å². The number of carbonyl (C=O) groups is 2. The monoisotopic (exact) mass is 307 g/mol. The van der Waals surface area contributed by atoms with E-state index < -0.39 is 6.09 Å². The van der Waals surface area contributed by atoms with E-state index in [1.165, 1.54) is 0 Å². The molecule has 0 atom stereocenters. The highest BCUT2D eigenvalue weighted by molar-refractivity contribution is 5.87. The molecule has 1 aromatic carbocycles. The number of nitrogens with zero attached hydrogens (tertiary/aromatic N) is 2. The van der Waals surface area contributed by atoms with Gasteiger partial charge in [0, 0.05) is 31.9 Å². The van der Waals surface area contributed by atoms with Crippen LogP contribution in [0.2, 0.25) is 0 Å². The topological polar surface area (TPSA) is 71.1 Å². The van der Waals surface area contributed by atoms with Gasteiger partial charge in [0.05, 0.1) is 19.4 Å². The smallest absolute Gasteiger partial charge is 0.411 e. The Bertz CT molecular complexity index is 528. The van der Waals surface area contributed by atoms with Gasteiger partial charge in [-0.3, -0.25) is 10.1 Å². The molecular formula is C15H21N3O4. The Kier molecular flexibility index (Phi) is 5.46. The van der Waals surface area contributed by atoms with Crippen LogP contribution >= 0.6 is 0 Å². The first-order valence-electron chi connectivity index (χ1n) is 7.24. The number of anilines is 2. The van der Waals surface area contributed by atoms with Crippen LogP contribution in [-0.2, 0) is 9.53 Å². The Morgan fingerprint density at radius 3 is 2.64 bits per heavy atom. The van der Waals surface area contributed by atoms with E-state index in [1.807, 2.05) is 18.2 Å². The molecule has 1 heterocycles. The molecule has 0 aromatic heterocycles. The number of ether oxygens (including phenoxy) is 2. The van der Waals surface area contributed by atoms with Gasteiger partial charge in [0.1, 0.15) is 5.75 Å². The Morgan fingerprint density at radius 1 is 1.32 bits per heavy atom. The molecule has 7 nitrogen and oxygen atoms in total. The highest BCUT2D eigenvalue weighted by Crippen LogP contribution is 2.30. The summed E-state index contributed by atoms with van der Waals surface area (Å²) in [6, 6.07) is 5.60. The lowest BCUT2D eigenvalue weighted by atomic mass is 10.2. The van der Waals surface area contributed by atoms with Gasteiger partial charge in [0.2, 0.25) is 6.41 Å². The van der Waals surface area contributed by atoms with Crippen LogP contribution in [0, 0.1) is 0 Å². The number of methoxy groups -OCH3 is 1. The molecule has 0 aliphatic carbocycles. The second-order valence-electron chi connectivity index (χ2n) is 4.86. The summed E-state index contributed by atoms with van der Waals surface area (Å²) in [5.74, 6) is 0.573. The van der Waals surface area contributed by atoms with E-state index in [1.54, 1.807) is 18.9 Å². The van der Waals surface area contributed by atoms with Gasteiger partial charge in [-0.05, 0) is 25.1 Å². The maximum atomic E-state index is 11.6. The number of piperazine rings is 1. The molecule has 120 valence electrons. The molecule has 1 aromatic rings. The van der Waals surface area contributed by atoms with Crippen molar-refractivity contribution in [3.05, 3.63) is 18.2 Å². The Labute approximate surface area is 129 Å². The van der Waals surface area contributed by atoms with Crippen molar-refractivity contribution in [3.63, 3.8) is 0 Å². The Hall–Kier alpha value is -2.44. The van der Waals surface area contributed by atoms with E-state index in [-0.39, 0.29) is 0 Å². The van der Waals surface area contributed by atoms with Crippen LogP contribution in [0.1, 0.15) is 6.92 Å². The lowest BCUT2D eigenvalue weighted by Crippen LogP contribution is -2.45. The number of hydrogen-bond donors (Lipinski definition) is 1. The van der Waals surface area contributed by atoms with E-state index in [0.29, 0.717) is 31.1 Å². The molecule has 0 unspecified atom stereocenters. The van der Waals surface area contributed by atoms with Crippen molar-refractivity contribution in [2.24, 2.45) is 0 Å². The molecule has 7 heteroatoms. The molecule has 0 saturated carbocycles. The third kappa shape index (κ3) is 3.81. The second-order valence-corrected chi connectivity index (χ2v) is 4.86. The number of nitrogens with one attached hydrogen (secondary N) is 1. The maximum absolute atomic E-state index is 11.6. The largest absolute Gasteiger partial charge is 0.495 e. The minimum atomic E-state index is -0.510. The molecule has 1 fully saturated rings. The zero-order valence-electron chi connectivity index (χ0n) is 12.9. The molecule has 2 amide bonds. The predicted octanol–water partition coefficient (Wildman–Crippen LogP) is 1.54. The Balaban J connectivity index is 2.12. The van der Waals surface area contributed by atoms with Gasteiger partial charge >= 0.3 is 6.09 Å². The van der Waals surface area contributed by atoms with Gasteiger partial charge in [-0.25, -0.2) is 4.79 Å². The van der Waals surface area contributed by atoms with Crippen LogP contribution in [0.5, 0.6) is 5.75 Å². The molecular weight excluding hydrogens is 286 g/mol. The van der Waals surface area contributed by atoms with Crippen molar-refractivity contribution in [1.29, 1.82) is 0 Å². The summed E-state index contributed by atoms with van der Waals surface area (Å²) in [6.45, 7) is 4.95. The summed E-state index contributed by atoms with van der Waals surface area (Å²) in [7, 11) is 1.55. The third-order valence-electron chi connectivity index (χ3n) is 3.52. The standard InChI is InChI=1S/C15H21N3O4/c1-3-22-15(20)16-13-10-12(4-5-14(13)21-2)18-8-6-17(11-19)7-9-18/h4-5,10-11H,3,6-9H2,1-2H3,(H,16,20). The van der Waals surface area contributed by atoms with Crippen LogP contribution in [-0.4, -0.2) is 57.3 Å². The molecule has 2 rings (SSSR count). The average Bonchev–Trinajstić information content (AvgIpc) is 2.55. The summed E-state index contributed by atoms with van der Waals surface area (Å²) in [5, 5.41) is 2.68. The number of amides is 2. The highest BCUT2D eigenvalue weighted by atomic mass is 16.5. The van der Waals surface area contributed by atoms with E-state index >= 15 is 0 Å². The van der Waals surface area contributed by atoms with Crippen LogP contribution in [0.4, 0.5) is 16.2 Å². The quantitative estimate of drug-likeness (QED) is 0.836. The van der Waals surface area contributed by atoms with Crippen LogP contribution in [0.3, 0.4) is 0 Å². The van der Waals surface area contributed by atoms with Crippen molar-refractivity contribution < 1.29 is 19.1 Å². The summed E-state index contributed by atoms with van der Waals surface area (Å²) in [6.07, 6.45) is 0.364. The van der Waals surface area contributed by atoms with E-state index in [0.717, 1.165) is 25.2 Å². The third-order valence-corrected chi connectivity index (χ3v) is 3.52. The molecule has 1 saturated heterocycles. The number of benzene rings is 1. The Morgan fingerprint density at radius 2 is 2.05 bits per heavy atom. The summed E-state index contributed by atoms with van der Waals surface area (Å²) in [5.41, 5.74) is 1.54. The fraction of sp³-hybridized carbons (Fsp3) is 0.467. The van der Waals surface area contributed by atoms with Gasteiger partial charge in [0.25, 0.3) is 0 Å². The number of carbonyl (C=O) groups excluding carboxylic acids is 2. The normalized spacial score (nSPS) is 14.5. The first-order chi connectivity index (χ1) is 10.7. The fourth-order valence-corrected chi connectivity index (χ4v) is 2.35. The molecule has 1 aliphatic rings. The van der Waals surface area contributed by atoms with E-state index in [4.69, 9.17) is 9.47 Å². The minimum Gasteiger partial charge on any atom is -0.495 e.